The zero-order valence-electron chi connectivity index (χ0n) is 10.6. The first kappa shape index (κ1) is 14.0. The fraction of sp³-hybridized carbons (Fsp3) is 0.727. The van der Waals surface area contributed by atoms with E-state index in [0.29, 0.717) is 18.1 Å². The van der Waals surface area contributed by atoms with Crippen molar-refractivity contribution in [3.8, 4) is 0 Å². The molecule has 6 heteroatoms. The van der Waals surface area contributed by atoms with Crippen LogP contribution in [0.2, 0.25) is 0 Å². The molecule has 17 heavy (non-hydrogen) atoms. The Kier molecular flexibility index (Phi) is 4.51. The molecule has 1 heterocycles. The Morgan fingerprint density at radius 3 is 2.29 bits per heavy atom. The van der Waals surface area contributed by atoms with Crippen LogP contribution < -0.4 is 0 Å². The molecule has 0 aromatic carbocycles. The summed E-state index contributed by atoms with van der Waals surface area (Å²) < 4.78 is 1.63. The predicted molar refractivity (Wildman–Crippen MR) is 67.8 cm³/mol. The molecule has 5 nitrogen and oxygen atoms in total. The Labute approximate surface area is 106 Å². The van der Waals surface area contributed by atoms with Gasteiger partial charge in [0.2, 0.25) is 0 Å². The molecular formula is C11H18ClN3O2. The molecule has 1 aromatic rings. The normalized spacial score (nSPS) is 11.5. The average molecular weight is 260 g/mol. The third-order valence-corrected chi connectivity index (χ3v) is 2.71. The highest BCUT2D eigenvalue weighted by Gasteiger charge is 2.29. The van der Waals surface area contributed by atoms with Gasteiger partial charge in [0.05, 0.1) is 5.88 Å². The van der Waals surface area contributed by atoms with Gasteiger partial charge in [-0.2, -0.15) is 0 Å². The van der Waals surface area contributed by atoms with E-state index in [2.05, 4.69) is 4.98 Å². The molecule has 0 atom stereocenters. The van der Waals surface area contributed by atoms with Crippen molar-refractivity contribution in [3.63, 3.8) is 0 Å². The van der Waals surface area contributed by atoms with Gasteiger partial charge in [-0.3, -0.25) is 0 Å². The van der Waals surface area contributed by atoms with E-state index in [9.17, 15) is 10.1 Å². The molecule has 96 valence electrons. The second-order valence-electron chi connectivity index (χ2n) is 4.59. The van der Waals surface area contributed by atoms with Crippen LogP contribution >= 0.6 is 11.6 Å². The lowest BCUT2D eigenvalue weighted by Gasteiger charge is -2.05. The first-order chi connectivity index (χ1) is 7.90. The summed E-state index contributed by atoms with van der Waals surface area (Å²) in [7, 11) is 0. The number of nitro groups is 1. The van der Waals surface area contributed by atoms with Crippen LogP contribution in [0, 0.1) is 10.1 Å². The van der Waals surface area contributed by atoms with Gasteiger partial charge in [0.15, 0.2) is 5.82 Å². The second kappa shape index (κ2) is 5.49. The van der Waals surface area contributed by atoms with Crippen LogP contribution in [0.15, 0.2) is 0 Å². The van der Waals surface area contributed by atoms with E-state index in [1.165, 1.54) is 0 Å². The minimum atomic E-state index is -0.360. The summed E-state index contributed by atoms with van der Waals surface area (Å²) in [6.45, 7) is 8.18. The van der Waals surface area contributed by atoms with Crippen molar-refractivity contribution in [2.24, 2.45) is 0 Å². The molecule has 1 rings (SSSR count). The summed E-state index contributed by atoms with van der Waals surface area (Å²) in [5, 5.41) is 11.2. The SMILES string of the molecule is CC(C)c1nc(C(C)C)n(CCCl)c1[N+](=O)[O-]. The summed E-state index contributed by atoms with van der Waals surface area (Å²) in [6, 6.07) is 0. The van der Waals surface area contributed by atoms with E-state index in [1.54, 1.807) is 4.57 Å². The van der Waals surface area contributed by atoms with Crippen LogP contribution in [-0.2, 0) is 6.54 Å². The summed E-state index contributed by atoms with van der Waals surface area (Å²) in [4.78, 5) is 15.2. The van der Waals surface area contributed by atoms with E-state index >= 15 is 0 Å². The third kappa shape index (κ3) is 2.77. The standard InChI is InChI=1S/C11H18ClN3O2/c1-7(2)9-11(15(16)17)14(6-5-12)10(13-9)8(3)4/h7-8H,5-6H2,1-4H3. The van der Waals surface area contributed by atoms with Crippen molar-refractivity contribution in [1.29, 1.82) is 0 Å². The number of halogens is 1. The molecule has 0 unspecified atom stereocenters. The number of rotatable bonds is 5. The second-order valence-corrected chi connectivity index (χ2v) is 4.96. The molecule has 0 bridgehead atoms. The molecule has 0 saturated carbocycles. The van der Waals surface area contributed by atoms with Crippen LogP contribution in [0.25, 0.3) is 0 Å². The molecule has 1 aromatic heterocycles. The van der Waals surface area contributed by atoms with Crippen LogP contribution in [-0.4, -0.2) is 20.4 Å². The highest BCUT2D eigenvalue weighted by Crippen LogP contribution is 2.30. The first-order valence-corrected chi connectivity index (χ1v) is 6.24. The molecule has 0 amide bonds. The Morgan fingerprint density at radius 2 is 1.94 bits per heavy atom. The minimum absolute atomic E-state index is 0.0319. The average Bonchev–Trinajstić information content (AvgIpc) is 2.57. The van der Waals surface area contributed by atoms with E-state index in [1.807, 2.05) is 27.7 Å². The van der Waals surface area contributed by atoms with Crippen LogP contribution in [0.1, 0.15) is 51.0 Å². The van der Waals surface area contributed by atoms with Crippen molar-refractivity contribution in [3.05, 3.63) is 21.6 Å². The van der Waals surface area contributed by atoms with Gasteiger partial charge in [0, 0.05) is 11.8 Å². The van der Waals surface area contributed by atoms with Gasteiger partial charge < -0.3 is 10.1 Å². The minimum Gasteiger partial charge on any atom is -0.358 e. The summed E-state index contributed by atoms with van der Waals surface area (Å²) in [6.07, 6.45) is 0. The lowest BCUT2D eigenvalue weighted by Crippen LogP contribution is -2.09. The van der Waals surface area contributed by atoms with Gasteiger partial charge in [0.25, 0.3) is 0 Å². The quantitative estimate of drug-likeness (QED) is 0.463. The highest BCUT2D eigenvalue weighted by atomic mass is 35.5. The predicted octanol–water partition coefficient (Wildman–Crippen LogP) is 3.28. The van der Waals surface area contributed by atoms with Gasteiger partial charge in [-0.05, 0) is 4.92 Å². The van der Waals surface area contributed by atoms with E-state index in [0.717, 1.165) is 5.82 Å². The van der Waals surface area contributed by atoms with E-state index in [-0.39, 0.29) is 22.6 Å². The van der Waals surface area contributed by atoms with Crippen molar-refractivity contribution < 1.29 is 4.92 Å². The van der Waals surface area contributed by atoms with Crippen LogP contribution in [0.5, 0.6) is 0 Å². The van der Waals surface area contributed by atoms with Gasteiger partial charge in [-0.25, -0.2) is 9.55 Å². The Bertz CT molecular complexity index is 413. The molecule has 0 spiro atoms. The van der Waals surface area contributed by atoms with Crippen molar-refractivity contribution >= 4 is 17.4 Å². The Hall–Kier alpha value is -1.10. The third-order valence-electron chi connectivity index (χ3n) is 2.54. The zero-order valence-corrected chi connectivity index (χ0v) is 11.4. The maximum Gasteiger partial charge on any atom is 0.346 e. The van der Waals surface area contributed by atoms with E-state index < -0.39 is 0 Å². The number of imidazole rings is 1. The first-order valence-electron chi connectivity index (χ1n) is 5.70. The van der Waals surface area contributed by atoms with Gasteiger partial charge >= 0.3 is 5.82 Å². The molecular weight excluding hydrogens is 242 g/mol. The number of nitrogens with zero attached hydrogens (tertiary/aromatic N) is 3. The Balaban J connectivity index is 3.43. The van der Waals surface area contributed by atoms with Crippen molar-refractivity contribution in [1.82, 2.24) is 9.55 Å². The summed E-state index contributed by atoms with van der Waals surface area (Å²) in [5.74, 6) is 1.34. The van der Waals surface area contributed by atoms with Gasteiger partial charge in [-0.15, -0.1) is 11.6 Å². The number of hydrogen-bond acceptors (Lipinski definition) is 3. The van der Waals surface area contributed by atoms with E-state index in [4.69, 9.17) is 11.6 Å². The number of hydrogen-bond donors (Lipinski definition) is 0. The number of aromatic nitrogens is 2. The summed E-state index contributed by atoms with van der Waals surface area (Å²) >= 11 is 5.71. The molecule has 0 saturated heterocycles. The lowest BCUT2D eigenvalue weighted by molar-refractivity contribution is -0.393. The topological polar surface area (TPSA) is 61.0 Å². The fourth-order valence-corrected chi connectivity index (χ4v) is 1.97. The smallest absolute Gasteiger partial charge is 0.346 e. The van der Waals surface area contributed by atoms with Crippen LogP contribution in [0.3, 0.4) is 0 Å². The highest BCUT2D eigenvalue weighted by molar-refractivity contribution is 6.17. The molecule has 0 fully saturated rings. The van der Waals surface area contributed by atoms with Gasteiger partial charge in [-0.1, -0.05) is 27.7 Å². The monoisotopic (exact) mass is 259 g/mol. The van der Waals surface area contributed by atoms with Crippen molar-refractivity contribution in [2.45, 2.75) is 46.1 Å². The Morgan fingerprint density at radius 1 is 1.35 bits per heavy atom. The molecule has 0 aliphatic heterocycles. The lowest BCUT2D eigenvalue weighted by atomic mass is 10.1. The molecule has 0 aliphatic rings. The molecule has 0 aliphatic carbocycles. The summed E-state index contributed by atoms with van der Waals surface area (Å²) in [5.41, 5.74) is 0.545. The maximum absolute atomic E-state index is 11.2. The largest absolute Gasteiger partial charge is 0.358 e. The van der Waals surface area contributed by atoms with Crippen molar-refractivity contribution in [2.75, 3.05) is 5.88 Å². The van der Waals surface area contributed by atoms with Gasteiger partial charge in [0.1, 0.15) is 12.2 Å². The molecule has 0 N–H and O–H groups in total. The van der Waals surface area contributed by atoms with Crippen LogP contribution in [0.4, 0.5) is 5.82 Å². The number of alkyl halides is 1. The zero-order chi connectivity index (χ0) is 13.2. The fourth-order valence-electron chi connectivity index (χ4n) is 1.81. The molecule has 0 radical (unpaired) electrons. The maximum atomic E-state index is 11.2.